The number of rotatable bonds is 5. The van der Waals surface area contributed by atoms with E-state index >= 15 is 0 Å². The third kappa shape index (κ3) is 7.88. The smallest absolute Gasteiger partial charge is 0.0665 e. The molecule has 55 valence electrons. The van der Waals surface area contributed by atoms with Crippen LogP contribution >= 0.6 is 0 Å². The lowest BCUT2D eigenvalue weighted by Crippen LogP contribution is -2.26. The zero-order chi connectivity index (χ0) is 7.11. The van der Waals surface area contributed by atoms with Crippen LogP contribution in [0.4, 0.5) is 0 Å². The maximum atomic E-state index is 8.65. The molecule has 0 spiro atoms. The van der Waals surface area contributed by atoms with Crippen LogP contribution in [0.5, 0.6) is 0 Å². The first-order valence-corrected chi connectivity index (χ1v) is 3.19. The summed E-state index contributed by atoms with van der Waals surface area (Å²) in [4.78, 5) is 0. The Balaban J connectivity index is 2.75. The number of nitrogens with one attached hydrogen (secondary N) is 1. The normalized spacial score (nSPS) is 13.7. The molecular weight excluding hydrogens is 116 g/mol. The minimum atomic E-state index is -0.497. The van der Waals surface area contributed by atoms with E-state index in [9.17, 15) is 0 Å². The summed E-state index contributed by atoms with van der Waals surface area (Å²) in [5, 5.41) is 11.6. The molecule has 0 aliphatic rings. The molecule has 0 saturated heterocycles. The first-order valence-electron chi connectivity index (χ1n) is 3.19. The van der Waals surface area contributed by atoms with Crippen molar-refractivity contribution in [3.8, 4) is 0 Å². The maximum Gasteiger partial charge on any atom is 0.0665 e. The summed E-state index contributed by atoms with van der Waals surface area (Å²) in [6.45, 7) is 5.51. The van der Waals surface area contributed by atoms with Gasteiger partial charge in [-0.3, -0.25) is 0 Å². The summed E-state index contributed by atoms with van der Waals surface area (Å²) in [6.07, 6.45) is 0.454. The van der Waals surface area contributed by atoms with E-state index in [1.54, 1.807) is 0 Å². The van der Waals surface area contributed by atoms with E-state index < -0.39 is 6.10 Å². The van der Waals surface area contributed by atoms with Gasteiger partial charge in [-0.15, -0.1) is 0 Å². The van der Waals surface area contributed by atoms with E-state index in [0.717, 1.165) is 13.0 Å². The van der Waals surface area contributed by atoms with Gasteiger partial charge in [-0.25, -0.2) is 0 Å². The van der Waals surface area contributed by atoms with Crippen LogP contribution in [-0.2, 0) is 0 Å². The Morgan fingerprint density at radius 3 is 2.78 bits per heavy atom. The zero-order valence-electron chi connectivity index (χ0n) is 5.64. The van der Waals surface area contributed by atoms with Crippen LogP contribution in [-0.4, -0.2) is 30.8 Å². The van der Waals surface area contributed by atoms with Crippen molar-refractivity contribution in [1.29, 1.82) is 0 Å². The molecule has 0 fully saturated rings. The van der Waals surface area contributed by atoms with E-state index in [-0.39, 0.29) is 0 Å². The Kier molecular flexibility index (Phi) is 5.93. The van der Waals surface area contributed by atoms with Crippen LogP contribution in [0.3, 0.4) is 0 Å². The lowest BCUT2D eigenvalue weighted by atomic mass is 10.4. The third-order valence-corrected chi connectivity index (χ3v) is 0.938. The Bertz CT molecular complexity index is 57.0. The summed E-state index contributed by atoms with van der Waals surface area (Å²) in [6, 6.07) is 0. The highest BCUT2D eigenvalue weighted by atomic mass is 16.3. The molecule has 1 unspecified atom stereocenters. The first-order chi connectivity index (χ1) is 4.27. The van der Waals surface area contributed by atoms with Crippen molar-refractivity contribution in [2.24, 2.45) is 5.73 Å². The molecule has 4 N–H and O–H groups in total. The standard InChI is InChI=1S/C6H15N2O/c1-6(9)5-8-4-2-3-7/h6,8-9H,1-5,7H2. The minimum absolute atomic E-state index is 0.497. The third-order valence-electron chi connectivity index (χ3n) is 0.938. The van der Waals surface area contributed by atoms with E-state index in [1.807, 2.05) is 0 Å². The number of hydrogen-bond acceptors (Lipinski definition) is 3. The molecule has 0 bridgehead atoms. The predicted octanol–water partition coefficient (Wildman–Crippen LogP) is -0.880. The van der Waals surface area contributed by atoms with Crippen molar-refractivity contribution in [3.05, 3.63) is 6.92 Å². The Morgan fingerprint density at radius 2 is 2.33 bits per heavy atom. The first kappa shape index (κ1) is 8.88. The number of aliphatic hydroxyl groups excluding tert-OH is 1. The molecule has 0 aromatic rings. The summed E-state index contributed by atoms with van der Waals surface area (Å²) < 4.78 is 0. The highest BCUT2D eigenvalue weighted by Gasteiger charge is 1.91. The number of aliphatic hydroxyl groups is 1. The van der Waals surface area contributed by atoms with Crippen molar-refractivity contribution >= 4 is 0 Å². The van der Waals surface area contributed by atoms with Crippen LogP contribution in [0.15, 0.2) is 0 Å². The average Bonchev–Trinajstić information content (AvgIpc) is 1.80. The fraction of sp³-hybridized carbons (Fsp3) is 0.833. The van der Waals surface area contributed by atoms with Gasteiger partial charge in [0.2, 0.25) is 0 Å². The van der Waals surface area contributed by atoms with Crippen LogP contribution in [0.25, 0.3) is 0 Å². The van der Waals surface area contributed by atoms with Gasteiger partial charge < -0.3 is 16.2 Å². The molecule has 0 aromatic carbocycles. The lowest BCUT2D eigenvalue weighted by Gasteiger charge is -2.04. The van der Waals surface area contributed by atoms with Crippen LogP contribution in [0, 0.1) is 6.92 Å². The summed E-state index contributed by atoms with van der Waals surface area (Å²) in [7, 11) is 0. The molecule has 1 atom stereocenters. The second-order valence-corrected chi connectivity index (χ2v) is 2.00. The molecule has 0 amide bonds. The van der Waals surface area contributed by atoms with Gasteiger partial charge in [-0.2, -0.15) is 0 Å². The second kappa shape index (κ2) is 6.01. The van der Waals surface area contributed by atoms with Crippen molar-refractivity contribution in [3.63, 3.8) is 0 Å². The Hall–Kier alpha value is -0.120. The molecule has 0 saturated carbocycles. The van der Waals surface area contributed by atoms with Gasteiger partial charge in [0.1, 0.15) is 0 Å². The van der Waals surface area contributed by atoms with Gasteiger partial charge in [0, 0.05) is 6.54 Å². The van der Waals surface area contributed by atoms with Gasteiger partial charge in [0.05, 0.1) is 6.10 Å². The number of hydrogen-bond donors (Lipinski definition) is 3. The van der Waals surface area contributed by atoms with Gasteiger partial charge in [0.15, 0.2) is 0 Å². The van der Waals surface area contributed by atoms with Crippen molar-refractivity contribution in [2.75, 3.05) is 19.6 Å². The zero-order valence-corrected chi connectivity index (χ0v) is 5.64. The monoisotopic (exact) mass is 131 g/mol. The van der Waals surface area contributed by atoms with Crippen molar-refractivity contribution < 1.29 is 5.11 Å². The average molecular weight is 131 g/mol. The maximum absolute atomic E-state index is 8.65. The van der Waals surface area contributed by atoms with Crippen LogP contribution in [0.2, 0.25) is 0 Å². The summed E-state index contributed by atoms with van der Waals surface area (Å²) in [5.74, 6) is 0. The van der Waals surface area contributed by atoms with Crippen LogP contribution < -0.4 is 11.1 Å². The molecule has 0 aromatic heterocycles. The molecule has 9 heavy (non-hydrogen) atoms. The molecule has 0 aliphatic carbocycles. The molecule has 0 heterocycles. The highest BCUT2D eigenvalue weighted by Crippen LogP contribution is 1.74. The molecular formula is C6H15N2O. The fourth-order valence-electron chi connectivity index (χ4n) is 0.496. The SMILES string of the molecule is [CH2]C(O)CNCCCN. The van der Waals surface area contributed by atoms with E-state index in [4.69, 9.17) is 10.8 Å². The van der Waals surface area contributed by atoms with Gasteiger partial charge in [-0.05, 0) is 26.4 Å². The fourth-order valence-corrected chi connectivity index (χ4v) is 0.496. The van der Waals surface area contributed by atoms with E-state index in [0.29, 0.717) is 13.1 Å². The largest absolute Gasteiger partial charge is 0.392 e. The van der Waals surface area contributed by atoms with Gasteiger partial charge in [-0.1, -0.05) is 0 Å². The lowest BCUT2D eigenvalue weighted by molar-refractivity contribution is 0.216. The second-order valence-electron chi connectivity index (χ2n) is 2.00. The predicted molar refractivity (Wildman–Crippen MR) is 37.9 cm³/mol. The molecule has 0 rings (SSSR count). The van der Waals surface area contributed by atoms with Crippen molar-refractivity contribution in [1.82, 2.24) is 5.32 Å². The summed E-state index contributed by atoms with van der Waals surface area (Å²) >= 11 is 0. The molecule has 3 nitrogen and oxygen atoms in total. The molecule has 3 heteroatoms. The summed E-state index contributed by atoms with van der Waals surface area (Å²) in [5.41, 5.74) is 5.23. The Morgan fingerprint density at radius 1 is 1.67 bits per heavy atom. The Labute approximate surface area is 56.2 Å². The molecule has 0 aliphatic heterocycles. The van der Waals surface area contributed by atoms with E-state index in [1.165, 1.54) is 0 Å². The topological polar surface area (TPSA) is 58.3 Å². The number of nitrogens with two attached hydrogens (primary N) is 1. The van der Waals surface area contributed by atoms with Crippen LogP contribution in [0.1, 0.15) is 6.42 Å². The quantitative estimate of drug-likeness (QED) is 0.425. The van der Waals surface area contributed by atoms with Gasteiger partial charge in [0.25, 0.3) is 0 Å². The van der Waals surface area contributed by atoms with Crippen molar-refractivity contribution in [2.45, 2.75) is 12.5 Å². The molecule has 1 radical (unpaired) electrons. The van der Waals surface area contributed by atoms with E-state index in [2.05, 4.69) is 12.2 Å². The van der Waals surface area contributed by atoms with Gasteiger partial charge >= 0.3 is 0 Å². The highest BCUT2D eigenvalue weighted by molar-refractivity contribution is 4.59. The minimum Gasteiger partial charge on any atom is -0.392 e.